The van der Waals surface area contributed by atoms with Crippen LogP contribution >= 0.6 is 15.9 Å². The average molecular weight is 412 g/mol. The van der Waals surface area contributed by atoms with Crippen LogP contribution in [0.25, 0.3) is 6.08 Å². The normalized spacial score (nSPS) is 11.2. The summed E-state index contributed by atoms with van der Waals surface area (Å²) >= 11 is 3.32. The summed E-state index contributed by atoms with van der Waals surface area (Å²) < 4.78 is 5.89. The van der Waals surface area contributed by atoms with Gasteiger partial charge in [-0.3, -0.25) is 4.79 Å². The number of amides is 1. The van der Waals surface area contributed by atoms with E-state index in [0.717, 1.165) is 10.0 Å². The lowest BCUT2D eigenvalue weighted by Gasteiger charge is -2.09. The fourth-order valence-corrected chi connectivity index (χ4v) is 2.25. The predicted molar refractivity (Wildman–Crippen MR) is 106 cm³/mol. The molecule has 26 heavy (non-hydrogen) atoms. The second-order valence-corrected chi connectivity index (χ2v) is 6.11. The maximum Gasteiger partial charge on any atom is 0.355 e. The van der Waals surface area contributed by atoms with E-state index in [0.29, 0.717) is 5.56 Å². The van der Waals surface area contributed by atoms with Crippen LogP contribution in [0.4, 0.5) is 0 Å². The molecule has 0 aromatic heterocycles. The van der Waals surface area contributed by atoms with Gasteiger partial charge >= 0.3 is 5.97 Å². The summed E-state index contributed by atoms with van der Waals surface area (Å²) in [5.41, 5.74) is 1.46. The van der Waals surface area contributed by atoms with E-state index in [2.05, 4.69) is 27.8 Å². The summed E-state index contributed by atoms with van der Waals surface area (Å²) in [7, 11) is 0. The number of benzene rings is 2. The summed E-state index contributed by atoms with van der Waals surface area (Å²) in [6.45, 7) is 3.57. The molecule has 1 amide bonds. The van der Waals surface area contributed by atoms with Crippen LogP contribution in [0.5, 0.6) is 0 Å². The highest BCUT2D eigenvalue weighted by atomic mass is 79.9. The fourth-order valence-electron chi connectivity index (χ4n) is 1.99. The lowest BCUT2D eigenvalue weighted by atomic mass is 10.2. The third kappa shape index (κ3) is 6.18. The minimum absolute atomic E-state index is 0.0481. The van der Waals surface area contributed by atoms with Gasteiger partial charge in [-0.2, -0.15) is 0 Å². The summed E-state index contributed by atoms with van der Waals surface area (Å²) in [4.78, 5) is 24.5. The molecule has 0 fully saturated rings. The first-order chi connectivity index (χ1) is 12.6. The topological polar surface area (TPSA) is 55.4 Å². The lowest BCUT2D eigenvalue weighted by molar-refractivity contribution is -0.138. The smallest absolute Gasteiger partial charge is 0.355 e. The molecular formula is C21H18BrNO3. The van der Waals surface area contributed by atoms with Gasteiger partial charge in [-0.15, -0.1) is 0 Å². The molecule has 2 aromatic rings. The first-order valence-corrected chi connectivity index (χ1v) is 8.68. The summed E-state index contributed by atoms with van der Waals surface area (Å²) in [6, 6.07) is 16.4. The molecule has 0 atom stereocenters. The largest absolute Gasteiger partial charge is 0.457 e. The molecule has 4 nitrogen and oxygen atoms in total. The number of hydrogen-bond donors (Lipinski definition) is 1. The van der Waals surface area contributed by atoms with E-state index in [1.807, 2.05) is 36.4 Å². The van der Waals surface area contributed by atoms with E-state index in [-0.39, 0.29) is 12.3 Å². The molecule has 2 rings (SSSR count). The van der Waals surface area contributed by atoms with Gasteiger partial charge in [0.2, 0.25) is 0 Å². The zero-order valence-corrected chi connectivity index (χ0v) is 15.6. The first-order valence-electron chi connectivity index (χ1n) is 7.88. The quantitative estimate of drug-likeness (QED) is 0.315. The van der Waals surface area contributed by atoms with E-state index >= 15 is 0 Å². The molecule has 0 heterocycles. The van der Waals surface area contributed by atoms with Crippen LogP contribution in [0.15, 0.2) is 89.6 Å². The zero-order chi connectivity index (χ0) is 18.8. The average Bonchev–Trinajstić information content (AvgIpc) is 2.66. The number of rotatable bonds is 7. The van der Waals surface area contributed by atoms with Crippen molar-refractivity contribution >= 4 is 33.9 Å². The monoisotopic (exact) mass is 411 g/mol. The zero-order valence-electron chi connectivity index (χ0n) is 14.0. The number of allylic oxidation sites excluding steroid dienone is 2. The molecule has 0 bridgehead atoms. The Balaban J connectivity index is 2.17. The van der Waals surface area contributed by atoms with Gasteiger partial charge in [0.15, 0.2) is 0 Å². The van der Waals surface area contributed by atoms with Gasteiger partial charge in [-0.05, 0) is 35.9 Å². The Morgan fingerprint density at radius 3 is 2.42 bits per heavy atom. The van der Waals surface area contributed by atoms with Gasteiger partial charge in [-0.25, -0.2) is 4.79 Å². The van der Waals surface area contributed by atoms with Gasteiger partial charge < -0.3 is 10.1 Å². The van der Waals surface area contributed by atoms with Gasteiger partial charge in [0, 0.05) is 10.0 Å². The van der Waals surface area contributed by atoms with Crippen LogP contribution in [0.3, 0.4) is 0 Å². The van der Waals surface area contributed by atoms with Gasteiger partial charge in [-0.1, -0.05) is 71.1 Å². The number of carbonyl (C=O) groups is 2. The Bertz CT molecular complexity index is 824. The number of esters is 1. The Morgan fingerprint density at radius 2 is 1.77 bits per heavy atom. The third-order valence-corrected chi connectivity index (χ3v) is 3.79. The maximum atomic E-state index is 12.4. The van der Waals surface area contributed by atoms with Crippen LogP contribution in [-0.4, -0.2) is 18.5 Å². The molecule has 0 aliphatic heterocycles. The van der Waals surface area contributed by atoms with Crippen LogP contribution < -0.4 is 5.32 Å². The minimum atomic E-state index is -0.631. The van der Waals surface area contributed by atoms with Crippen molar-refractivity contribution in [3.05, 3.63) is 101 Å². The summed E-state index contributed by atoms with van der Waals surface area (Å²) in [6.07, 6.45) is 6.48. The minimum Gasteiger partial charge on any atom is -0.457 e. The SMILES string of the molecule is C=CCOC(=O)/C(=C/C=C\c1ccccc1)NC(=O)c1ccc(Br)cc1. The Morgan fingerprint density at radius 1 is 1.08 bits per heavy atom. The number of ether oxygens (including phenoxy) is 1. The van der Waals surface area contributed by atoms with Crippen LogP contribution in [0, 0.1) is 0 Å². The molecule has 0 aliphatic rings. The Hall–Kier alpha value is -2.92. The van der Waals surface area contributed by atoms with Crippen molar-refractivity contribution < 1.29 is 14.3 Å². The number of hydrogen-bond acceptors (Lipinski definition) is 3. The van der Waals surface area contributed by atoms with Crippen molar-refractivity contribution in [2.24, 2.45) is 0 Å². The van der Waals surface area contributed by atoms with Gasteiger partial charge in [0.05, 0.1) is 0 Å². The molecule has 0 spiro atoms. The molecular weight excluding hydrogens is 394 g/mol. The highest BCUT2D eigenvalue weighted by Gasteiger charge is 2.14. The van der Waals surface area contributed by atoms with E-state index in [1.165, 1.54) is 12.2 Å². The van der Waals surface area contributed by atoms with Gasteiger partial charge in [0.1, 0.15) is 12.3 Å². The van der Waals surface area contributed by atoms with Crippen molar-refractivity contribution in [1.82, 2.24) is 5.32 Å². The summed E-state index contributed by atoms with van der Waals surface area (Å²) in [5, 5.41) is 2.59. The Kier molecular flexibility index (Phi) is 7.58. The molecule has 5 heteroatoms. The van der Waals surface area contributed by atoms with E-state index in [9.17, 15) is 9.59 Å². The van der Waals surface area contributed by atoms with E-state index in [1.54, 1.807) is 30.3 Å². The second kappa shape index (κ2) is 10.2. The standard InChI is InChI=1S/C21H18BrNO3/c1-2-15-26-21(25)19(10-6-9-16-7-4-3-5-8-16)23-20(24)17-11-13-18(22)14-12-17/h2-14H,1,15H2,(H,23,24)/b9-6-,19-10-. The second-order valence-electron chi connectivity index (χ2n) is 5.20. The van der Waals surface area contributed by atoms with Crippen molar-refractivity contribution in [2.75, 3.05) is 6.61 Å². The number of carbonyl (C=O) groups excluding carboxylic acids is 2. The van der Waals surface area contributed by atoms with Crippen LogP contribution in [-0.2, 0) is 9.53 Å². The highest BCUT2D eigenvalue weighted by molar-refractivity contribution is 9.10. The van der Waals surface area contributed by atoms with Crippen LogP contribution in [0.2, 0.25) is 0 Å². The summed E-state index contributed by atoms with van der Waals surface area (Å²) in [5.74, 6) is -1.03. The third-order valence-electron chi connectivity index (χ3n) is 3.26. The molecule has 0 unspecified atom stereocenters. The van der Waals surface area contributed by atoms with Crippen molar-refractivity contribution in [3.63, 3.8) is 0 Å². The Labute approximate surface area is 161 Å². The molecule has 1 N–H and O–H groups in total. The van der Waals surface area contributed by atoms with Crippen molar-refractivity contribution in [2.45, 2.75) is 0 Å². The van der Waals surface area contributed by atoms with Crippen molar-refractivity contribution in [3.8, 4) is 0 Å². The number of halogens is 1. The molecule has 0 saturated carbocycles. The number of nitrogens with one attached hydrogen (secondary N) is 1. The maximum absolute atomic E-state index is 12.4. The predicted octanol–water partition coefficient (Wildman–Crippen LogP) is 4.51. The van der Waals surface area contributed by atoms with Crippen molar-refractivity contribution in [1.29, 1.82) is 0 Å². The van der Waals surface area contributed by atoms with Crippen LogP contribution in [0.1, 0.15) is 15.9 Å². The lowest BCUT2D eigenvalue weighted by Crippen LogP contribution is -2.28. The molecule has 0 saturated heterocycles. The highest BCUT2D eigenvalue weighted by Crippen LogP contribution is 2.11. The van der Waals surface area contributed by atoms with E-state index in [4.69, 9.17) is 4.74 Å². The molecule has 0 aliphatic carbocycles. The fraction of sp³-hybridized carbons (Fsp3) is 0.0476. The molecule has 132 valence electrons. The molecule has 0 radical (unpaired) electrons. The first kappa shape index (κ1) is 19.4. The molecule has 2 aromatic carbocycles. The van der Waals surface area contributed by atoms with E-state index < -0.39 is 11.9 Å². The van der Waals surface area contributed by atoms with Gasteiger partial charge in [0.25, 0.3) is 5.91 Å².